The average Bonchev–Trinajstić information content (AvgIpc) is 2.80. The van der Waals surface area contributed by atoms with Gasteiger partial charge in [0, 0.05) is 0 Å². The van der Waals surface area contributed by atoms with E-state index in [1.54, 1.807) is 0 Å². The summed E-state index contributed by atoms with van der Waals surface area (Å²) < 4.78 is 34.5. The molecule has 0 fully saturated rings. The smallest absolute Gasteiger partial charge is 0.248 e. The molecule has 0 radical (unpaired) electrons. The molecule has 0 saturated heterocycles. The summed E-state index contributed by atoms with van der Waals surface area (Å²) in [7, 11) is -3.89. The zero-order chi connectivity index (χ0) is 25.0. The summed E-state index contributed by atoms with van der Waals surface area (Å²) in [5, 5.41) is 0. The summed E-state index contributed by atoms with van der Waals surface area (Å²) >= 11 is 0. The Morgan fingerprint density at radius 2 is 0.879 bits per heavy atom. The number of rotatable bonds is 24. The largest absolute Gasteiger partial charge is 0.399 e. The van der Waals surface area contributed by atoms with E-state index in [1.807, 2.05) is 0 Å². The number of unbranched alkanes of at least 4 members (excludes halogenated alkanes) is 4. The third-order valence-electron chi connectivity index (χ3n) is 7.20. The molecule has 0 aromatic carbocycles. The van der Waals surface area contributed by atoms with Gasteiger partial charge in [-0.3, -0.25) is 0 Å². The molecular weight excluding hydrogens is 432 g/mol. The molecule has 0 bridgehead atoms. The molecule has 0 aromatic heterocycles. The fourth-order valence-corrected chi connectivity index (χ4v) is 5.41. The molecule has 200 valence electrons. The summed E-state index contributed by atoms with van der Waals surface area (Å²) in [6.45, 7) is 13.7. The summed E-state index contributed by atoms with van der Waals surface area (Å²) in [5.74, 6) is 2.16. The van der Waals surface area contributed by atoms with Gasteiger partial charge in [0.25, 0.3) is 0 Å². The Labute approximate surface area is 208 Å². The first-order valence-electron chi connectivity index (χ1n) is 14.3. The van der Waals surface area contributed by atoms with Crippen molar-refractivity contribution in [1.29, 1.82) is 0 Å². The van der Waals surface area contributed by atoms with E-state index in [1.165, 1.54) is 77.0 Å². The lowest BCUT2D eigenvalue weighted by atomic mass is 9.92. The molecular formula is C28H58O4S. The van der Waals surface area contributed by atoms with Crippen molar-refractivity contribution in [2.75, 3.05) is 13.2 Å². The monoisotopic (exact) mass is 490 g/mol. The highest BCUT2D eigenvalue weighted by Gasteiger charge is 2.17. The Kier molecular flexibility index (Phi) is 21.1. The van der Waals surface area contributed by atoms with Gasteiger partial charge in [-0.2, -0.15) is 8.42 Å². The van der Waals surface area contributed by atoms with Crippen LogP contribution >= 0.6 is 0 Å². The van der Waals surface area contributed by atoms with Crippen molar-refractivity contribution >= 4 is 10.4 Å². The van der Waals surface area contributed by atoms with Crippen molar-refractivity contribution in [3.05, 3.63) is 0 Å². The molecule has 0 aromatic rings. The van der Waals surface area contributed by atoms with Gasteiger partial charge < -0.3 is 0 Å². The van der Waals surface area contributed by atoms with E-state index in [0.29, 0.717) is 0 Å². The normalized spacial score (nSPS) is 15.9. The zero-order valence-corrected chi connectivity index (χ0v) is 23.9. The molecule has 0 aliphatic rings. The second kappa shape index (κ2) is 21.2. The highest BCUT2D eigenvalue weighted by molar-refractivity contribution is 7.81. The van der Waals surface area contributed by atoms with Crippen LogP contribution in [0.1, 0.15) is 144 Å². The van der Waals surface area contributed by atoms with E-state index >= 15 is 0 Å². The summed E-state index contributed by atoms with van der Waals surface area (Å²) in [6, 6.07) is 0. The first-order chi connectivity index (χ1) is 15.8. The van der Waals surface area contributed by atoms with Gasteiger partial charge >= 0.3 is 10.4 Å². The second-order valence-corrected chi connectivity index (χ2v) is 11.9. The second-order valence-electron chi connectivity index (χ2n) is 10.6. The van der Waals surface area contributed by atoms with Crippen LogP contribution in [0, 0.1) is 23.7 Å². The molecule has 5 heteroatoms. The highest BCUT2D eigenvalue weighted by atomic mass is 32.3. The topological polar surface area (TPSA) is 52.6 Å². The fraction of sp³-hybridized carbons (Fsp3) is 1.00. The van der Waals surface area contributed by atoms with E-state index in [-0.39, 0.29) is 25.0 Å². The van der Waals surface area contributed by atoms with E-state index in [9.17, 15) is 8.42 Å². The minimum atomic E-state index is -3.89. The lowest BCUT2D eigenvalue weighted by molar-refractivity contribution is 0.169. The van der Waals surface area contributed by atoms with Gasteiger partial charge in [-0.05, 0) is 36.5 Å². The van der Waals surface area contributed by atoms with Crippen LogP contribution in [0.3, 0.4) is 0 Å². The average molecular weight is 491 g/mol. The van der Waals surface area contributed by atoms with Crippen LogP contribution in [-0.2, 0) is 18.8 Å². The molecule has 0 amide bonds. The Hall–Kier alpha value is -0.130. The SMILES string of the molecule is CCCCC(CC)CCCCC(C)COS(=O)(=O)OCC(C)CCCCC(CC)CCCC. The molecule has 0 aliphatic carbocycles. The van der Waals surface area contributed by atoms with E-state index in [0.717, 1.165) is 37.5 Å². The van der Waals surface area contributed by atoms with Crippen molar-refractivity contribution in [3.63, 3.8) is 0 Å². The third kappa shape index (κ3) is 19.8. The van der Waals surface area contributed by atoms with Crippen LogP contribution in [0.25, 0.3) is 0 Å². The Bertz CT molecular complexity index is 480. The molecule has 0 saturated carbocycles. The van der Waals surface area contributed by atoms with Gasteiger partial charge in [-0.15, -0.1) is 0 Å². The van der Waals surface area contributed by atoms with Gasteiger partial charge in [-0.1, -0.05) is 131 Å². The van der Waals surface area contributed by atoms with Crippen molar-refractivity contribution in [2.24, 2.45) is 23.7 Å². The standard InChI is InChI=1S/C28H58O4S/c1-7-11-19-27(9-3)21-15-13-17-25(5)23-31-33(29,30)32-24-26(6)18-14-16-22-28(10-4)20-12-8-2/h25-28H,7-24H2,1-6H3. The fourth-order valence-electron chi connectivity index (χ4n) is 4.54. The van der Waals surface area contributed by atoms with Gasteiger partial charge in [-0.25, -0.2) is 8.37 Å². The zero-order valence-electron chi connectivity index (χ0n) is 23.1. The van der Waals surface area contributed by atoms with E-state index < -0.39 is 10.4 Å². The Morgan fingerprint density at radius 1 is 0.545 bits per heavy atom. The quantitative estimate of drug-likeness (QED) is 0.127. The van der Waals surface area contributed by atoms with Crippen molar-refractivity contribution in [3.8, 4) is 0 Å². The van der Waals surface area contributed by atoms with Crippen LogP contribution in [-0.4, -0.2) is 21.6 Å². The summed E-state index contributed by atoms with van der Waals surface area (Å²) in [6.07, 6.45) is 19.8. The van der Waals surface area contributed by atoms with Crippen LogP contribution in [0.2, 0.25) is 0 Å². The maximum Gasteiger partial charge on any atom is 0.399 e. The van der Waals surface area contributed by atoms with Crippen molar-refractivity contribution < 1.29 is 16.8 Å². The molecule has 4 unspecified atom stereocenters. The van der Waals surface area contributed by atoms with E-state index in [2.05, 4.69) is 41.5 Å². The van der Waals surface area contributed by atoms with Gasteiger partial charge in [0.2, 0.25) is 0 Å². The number of hydrogen-bond donors (Lipinski definition) is 0. The predicted molar refractivity (Wildman–Crippen MR) is 143 cm³/mol. The summed E-state index contributed by atoms with van der Waals surface area (Å²) in [5.41, 5.74) is 0. The Morgan fingerprint density at radius 3 is 1.21 bits per heavy atom. The first kappa shape index (κ1) is 32.9. The van der Waals surface area contributed by atoms with Gasteiger partial charge in [0.1, 0.15) is 0 Å². The molecule has 4 atom stereocenters. The van der Waals surface area contributed by atoms with Gasteiger partial charge in [0.05, 0.1) is 13.2 Å². The minimum absolute atomic E-state index is 0.222. The van der Waals surface area contributed by atoms with Gasteiger partial charge in [0.15, 0.2) is 0 Å². The molecule has 0 spiro atoms. The summed E-state index contributed by atoms with van der Waals surface area (Å²) in [4.78, 5) is 0. The lowest BCUT2D eigenvalue weighted by Gasteiger charge is -2.16. The third-order valence-corrected chi connectivity index (χ3v) is 8.05. The Balaban J connectivity index is 3.92. The molecule has 0 aliphatic heterocycles. The van der Waals surface area contributed by atoms with Crippen molar-refractivity contribution in [1.82, 2.24) is 0 Å². The van der Waals surface area contributed by atoms with Crippen LogP contribution in [0.4, 0.5) is 0 Å². The van der Waals surface area contributed by atoms with Crippen molar-refractivity contribution in [2.45, 2.75) is 144 Å². The molecule has 0 rings (SSSR count). The molecule has 0 N–H and O–H groups in total. The van der Waals surface area contributed by atoms with E-state index in [4.69, 9.17) is 8.37 Å². The molecule has 4 nitrogen and oxygen atoms in total. The van der Waals surface area contributed by atoms with Crippen LogP contribution in [0.5, 0.6) is 0 Å². The highest BCUT2D eigenvalue weighted by Crippen LogP contribution is 2.22. The maximum atomic E-state index is 12.1. The predicted octanol–water partition coefficient (Wildman–Crippen LogP) is 9.09. The minimum Gasteiger partial charge on any atom is -0.248 e. The van der Waals surface area contributed by atoms with Crippen LogP contribution in [0.15, 0.2) is 0 Å². The maximum absolute atomic E-state index is 12.1. The van der Waals surface area contributed by atoms with Crippen LogP contribution < -0.4 is 0 Å². The first-order valence-corrected chi connectivity index (χ1v) is 15.6. The number of hydrogen-bond acceptors (Lipinski definition) is 4. The lowest BCUT2D eigenvalue weighted by Crippen LogP contribution is -2.18. The molecule has 0 heterocycles. The molecule has 33 heavy (non-hydrogen) atoms.